The first-order valence-electron chi connectivity index (χ1n) is 5.38. The lowest BCUT2D eigenvalue weighted by Gasteiger charge is -2.15. The number of hydrogen-bond donors (Lipinski definition) is 0. The van der Waals surface area contributed by atoms with Crippen LogP contribution in [-0.2, 0) is 0 Å². The Hall–Kier alpha value is -0.260. The third-order valence-corrected chi connectivity index (χ3v) is 1.89. The normalized spacial score (nSPS) is 16.3. The molecule has 0 bridgehead atoms. The van der Waals surface area contributed by atoms with Crippen molar-refractivity contribution in [2.75, 3.05) is 0 Å². The van der Waals surface area contributed by atoms with E-state index in [1.54, 1.807) is 6.08 Å². The summed E-state index contributed by atoms with van der Waals surface area (Å²) in [5, 5.41) is 0. The first kappa shape index (κ1) is 14.3. The minimum atomic E-state index is 1.04. The van der Waals surface area contributed by atoms with Gasteiger partial charge in [-0.25, -0.2) is 0 Å². The lowest BCUT2D eigenvalue weighted by molar-refractivity contribution is 0.385. The van der Waals surface area contributed by atoms with Gasteiger partial charge in [-0.15, -0.1) is 6.58 Å². The monoisotopic (exact) mass is 170 g/mol. The van der Waals surface area contributed by atoms with Crippen molar-refractivity contribution in [3.8, 4) is 0 Å². The molecular formula is C12H26. The van der Waals surface area contributed by atoms with Gasteiger partial charge in [-0.2, -0.15) is 0 Å². The van der Waals surface area contributed by atoms with Gasteiger partial charge in [-0.1, -0.05) is 59.0 Å². The van der Waals surface area contributed by atoms with Crippen LogP contribution in [0, 0.1) is 5.92 Å². The van der Waals surface area contributed by atoms with Crippen LogP contribution in [0.15, 0.2) is 12.7 Å². The lowest BCUT2D eigenvalue weighted by Crippen LogP contribution is -1.99. The zero-order chi connectivity index (χ0) is 9.82. The van der Waals surface area contributed by atoms with Crippen LogP contribution in [-0.4, -0.2) is 0 Å². The number of allylic oxidation sites excluding steroid dienone is 1. The minimum absolute atomic E-state index is 1.04. The molecule has 0 heterocycles. The summed E-state index contributed by atoms with van der Waals surface area (Å²) in [4.78, 5) is 0. The highest BCUT2D eigenvalue weighted by Crippen LogP contribution is 2.21. The average Bonchev–Trinajstić information content (AvgIpc) is 2.11. The highest BCUT2D eigenvalue weighted by Gasteiger charge is 2.05. The Balaban J connectivity index is 0. The molecule has 1 saturated carbocycles. The molecule has 1 rings (SSSR count). The second-order valence-corrected chi connectivity index (χ2v) is 3.15. The van der Waals surface area contributed by atoms with Crippen molar-refractivity contribution in [1.82, 2.24) is 0 Å². The molecular weight excluding hydrogens is 144 g/mol. The highest BCUT2D eigenvalue weighted by atomic mass is 14.1. The molecule has 0 aromatic rings. The molecule has 0 nitrogen and oxygen atoms in total. The minimum Gasteiger partial charge on any atom is -0.103 e. The maximum Gasteiger partial charge on any atom is -0.0443 e. The van der Waals surface area contributed by atoms with Crippen LogP contribution in [0.25, 0.3) is 0 Å². The van der Waals surface area contributed by atoms with Gasteiger partial charge in [0.1, 0.15) is 0 Å². The lowest BCUT2D eigenvalue weighted by atomic mass is 9.91. The second-order valence-electron chi connectivity index (χ2n) is 3.15. The molecule has 0 aromatic heterocycles. The van der Waals surface area contributed by atoms with Crippen molar-refractivity contribution in [2.24, 2.45) is 5.92 Å². The molecule has 0 N–H and O–H groups in total. The molecule has 1 fully saturated rings. The van der Waals surface area contributed by atoms with Gasteiger partial charge < -0.3 is 0 Å². The summed E-state index contributed by atoms with van der Waals surface area (Å²) in [5.74, 6) is 1.04. The molecule has 0 aromatic carbocycles. The summed E-state index contributed by atoms with van der Waals surface area (Å²) in [7, 11) is 0. The molecule has 0 spiro atoms. The Morgan fingerprint density at radius 2 is 1.42 bits per heavy atom. The molecule has 1 aliphatic carbocycles. The topological polar surface area (TPSA) is 0 Å². The molecule has 74 valence electrons. The predicted molar refractivity (Wildman–Crippen MR) is 59.5 cm³/mol. The van der Waals surface area contributed by atoms with Crippen LogP contribution in [0.1, 0.15) is 59.8 Å². The molecule has 0 amide bonds. The van der Waals surface area contributed by atoms with Gasteiger partial charge in [0.15, 0.2) is 0 Å². The Labute approximate surface area is 79.1 Å². The van der Waals surface area contributed by atoms with E-state index in [9.17, 15) is 0 Å². The highest BCUT2D eigenvalue weighted by molar-refractivity contribution is 4.59. The summed E-state index contributed by atoms with van der Waals surface area (Å²) in [6.07, 6.45) is 9.19. The fourth-order valence-corrected chi connectivity index (χ4v) is 1.31. The van der Waals surface area contributed by atoms with E-state index in [0.717, 1.165) is 5.92 Å². The van der Waals surface area contributed by atoms with Crippen molar-refractivity contribution in [2.45, 2.75) is 59.8 Å². The number of rotatable bonds is 0. The van der Waals surface area contributed by atoms with E-state index in [4.69, 9.17) is 0 Å². The molecule has 0 atom stereocenters. The first-order chi connectivity index (χ1) is 5.81. The zero-order valence-corrected chi connectivity index (χ0v) is 9.40. The summed E-state index contributed by atoms with van der Waals surface area (Å²) >= 11 is 0. The SMILES string of the molecule is C=CC.CC.CC1CCCCC1. The van der Waals surface area contributed by atoms with Gasteiger partial charge in [0.05, 0.1) is 0 Å². The van der Waals surface area contributed by atoms with Gasteiger partial charge >= 0.3 is 0 Å². The maximum absolute atomic E-state index is 3.36. The summed E-state index contributed by atoms with van der Waals surface area (Å²) in [5.41, 5.74) is 0. The molecule has 0 heteroatoms. The van der Waals surface area contributed by atoms with Crippen molar-refractivity contribution < 1.29 is 0 Å². The van der Waals surface area contributed by atoms with Gasteiger partial charge in [-0.05, 0) is 12.8 Å². The average molecular weight is 170 g/mol. The summed E-state index contributed by atoms with van der Waals surface area (Å²) in [6, 6.07) is 0. The van der Waals surface area contributed by atoms with E-state index in [2.05, 4.69) is 13.5 Å². The third-order valence-electron chi connectivity index (χ3n) is 1.89. The maximum atomic E-state index is 3.36. The zero-order valence-electron chi connectivity index (χ0n) is 9.40. The fraction of sp³-hybridized carbons (Fsp3) is 0.833. The first-order valence-corrected chi connectivity index (χ1v) is 5.38. The summed E-state index contributed by atoms with van der Waals surface area (Å²) in [6.45, 7) is 11.6. The molecule has 0 aliphatic heterocycles. The molecule has 0 radical (unpaired) electrons. The molecule has 0 unspecified atom stereocenters. The Morgan fingerprint density at radius 1 is 1.08 bits per heavy atom. The quantitative estimate of drug-likeness (QED) is 0.458. The van der Waals surface area contributed by atoms with Crippen LogP contribution in [0.3, 0.4) is 0 Å². The van der Waals surface area contributed by atoms with Crippen LogP contribution < -0.4 is 0 Å². The van der Waals surface area contributed by atoms with Crippen molar-refractivity contribution >= 4 is 0 Å². The predicted octanol–water partition coefficient (Wildman–Crippen LogP) is 4.81. The largest absolute Gasteiger partial charge is 0.103 e. The van der Waals surface area contributed by atoms with Crippen LogP contribution >= 0.6 is 0 Å². The smallest absolute Gasteiger partial charge is 0.0443 e. The van der Waals surface area contributed by atoms with E-state index in [1.165, 1.54) is 32.1 Å². The Morgan fingerprint density at radius 3 is 1.58 bits per heavy atom. The fourth-order valence-electron chi connectivity index (χ4n) is 1.31. The van der Waals surface area contributed by atoms with Crippen LogP contribution in [0.5, 0.6) is 0 Å². The van der Waals surface area contributed by atoms with Crippen molar-refractivity contribution in [1.29, 1.82) is 0 Å². The second kappa shape index (κ2) is 13.3. The molecule has 1 aliphatic rings. The van der Waals surface area contributed by atoms with Crippen LogP contribution in [0.4, 0.5) is 0 Å². The van der Waals surface area contributed by atoms with E-state index >= 15 is 0 Å². The number of hydrogen-bond acceptors (Lipinski definition) is 0. The van der Waals surface area contributed by atoms with Gasteiger partial charge in [0, 0.05) is 0 Å². The van der Waals surface area contributed by atoms with E-state index < -0.39 is 0 Å². The van der Waals surface area contributed by atoms with Crippen molar-refractivity contribution in [3.05, 3.63) is 12.7 Å². The van der Waals surface area contributed by atoms with Gasteiger partial charge in [0.2, 0.25) is 0 Å². The summed E-state index contributed by atoms with van der Waals surface area (Å²) < 4.78 is 0. The van der Waals surface area contributed by atoms with E-state index in [-0.39, 0.29) is 0 Å². The van der Waals surface area contributed by atoms with E-state index in [1.807, 2.05) is 20.8 Å². The third kappa shape index (κ3) is 12.4. The molecule has 0 saturated heterocycles. The Kier molecular flexibility index (Phi) is 15.9. The standard InChI is InChI=1S/C7H14.C3H6.C2H6/c1-7-5-3-2-4-6-7;1-3-2;1-2/h7H,2-6H2,1H3;3H,1H2,2H3;1-2H3. The Bertz CT molecular complexity index is 68.1. The van der Waals surface area contributed by atoms with Crippen LogP contribution in [0.2, 0.25) is 0 Å². The van der Waals surface area contributed by atoms with Gasteiger partial charge in [0.25, 0.3) is 0 Å². The van der Waals surface area contributed by atoms with Crippen molar-refractivity contribution in [3.63, 3.8) is 0 Å². The van der Waals surface area contributed by atoms with Gasteiger partial charge in [-0.3, -0.25) is 0 Å². The molecule has 12 heavy (non-hydrogen) atoms. The van der Waals surface area contributed by atoms with E-state index in [0.29, 0.717) is 0 Å².